The van der Waals surface area contributed by atoms with Crippen molar-refractivity contribution in [3.05, 3.63) is 11.7 Å². The van der Waals surface area contributed by atoms with Gasteiger partial charge in [0, 0.05) is 11.8 Å². The molecular formula is C16H27N3O. The lowest BCUT2D eigenvalue weighted by Gasteiger charge is -2.30. The van der Waals surface area contributed by atoms with E-state index in [0.29, 0.717) is 17.8 Å². The molecule has 0 bridgehead atoms. The highest BCUT2D eigenvalue weighted by Gasteiger charge is 2.31. The van der Waals surface area contributed by atoms with E-state index in [0.717, 1.165) is 36.6 Å². The average molecular weight is 277 g/mol. The van der Waals surface area contributed by atoms with Gasteiger partial charge in [-0.3, -0.25) is 0 Å². The maximum atomic E-state index is 5.52. The number of hydrogen-bond acceptors (Lipinski definition) is 4. The Morgan fingerprint density at radius 3 is 2.30 bits per heavy atom. The van der Waals surface area contributed by atoms with Crippen LogP contribution >= 0.6 is 0 Å². The van der Waals surface area contributed by atoms with Gasteiger partial charge in [-0.25, -0.2) is 0 Å². The van der Waals surface area contributed by atoms with Gasteiger partial charge in [-0.05, 0) is 56.5 Å². The Balaban J connectivity index is 1.60. The van der Waals surface area contributed by atoms with Crippen molar-refractivity contribution in [3.63, 3.8) is 0 Å². The second kappa shape index (κ2) is 5.84. The van der Waals surface area contributed by atoms with Gasteiger partial charge in [-0.15, -0.1) is 0 Å². The lowest BCUT2D eigenvalue weighted by atomic mass is 9.77. The Labute approximate surface area is 121 Å². The van der Waals surface area contributed by atoms with E-state index in [-0.39, 0.29) is 0 Å². The summed E-state index contributed by atoms with van der Waals surface area (Å²) in [6.07, 6.45) is 5.07. The largest absolute Gasteiger partial charge is 0.339 e. The second-order valence-electron chi connectivity index (χ2n) is 7.05. The molecule has 1 atom stereocenters. The fraction of sp³-hybridized carbons (Fsp3) is 0.875. The Morgan fingerprint density at radius 2 is 1.75 bits per heavy atom. The minimum Gasteiger partial charge on any atom is -0.339 e. The monoisotopic (exact) mass is 277 g/mol. The van der Waals surface area contributed by atoms with Crippen LogP contribution in [-0.4, -0.2) is 23.2 Å². The van der Waals surface area contributed by atoms with Crippen LogP contribution in [0, 0.1) is 17.8 Å². The van der Waals surface area contributed by atoms with Crippen molar-refractivity contribution >= 4 is 0 Å². The van der Waals surface area contributed by atoms with Crippen LogP contribution in [-0.2, 0) is 0 Å². The van der Waals surface area contributed by atoms with Crippen LogP contribution in [0.2, 0.25) is 0 Å². The van der Waals surface area contributed by atoms with Gasteiger partial charge in [0.1, 0.15) is 0 Å². The summed E-state index contributed by atoms with van der Waals surface area (Å²) in [5.74, 6) is 5.08. The molecule has 0 amide bonds. The van der Waals surface area contributed by atoms with Crippen LogP contribution in [0.3, 0.4) is 0 Å². The first-order valence-corrected chi connectivity index (χ1v) is 8.19. The molecule has 1 aromatic rings. The van der Waals surface area contributed by atoms with Gasteiger partial charge in [-0.1, -0.05) is 25.9 Å². The molecule has 2 fully saturated rings. The standard InChI is InChI=1S/C16H27N3O/c1-10(2)12-4-6-13(7-5-12)15-18-16(20-19-15)11(3)14-8-17-9-14/h10-14,17H,4-9H2,1-3H3. The van der Waals surface area contributed by atoms with E-state index in [9.17, 15) is 0 Å². The van der Waals surface area contributed by atoms with E-state index in [1.165, 1.54) is 25.7 Å². The molecule has 1 aromatic heterocycles. The summed E-state index contributed by atoms with van der Waals surface area (Å²) in [6.45, 7) is 9.05. The van der Waals surface area contributed by atoms with Crippen molar-refractivity contribution in [2.75, 3.05) is 13.1 Å². The van der Waals surface area contributed by atoms with Gasteiger partial charge in [0.15, 0.2) is 5.82 Å². The zero-order valence-corrected chi connectivity index (χ0v) is 12.9. The number of rotatable bonds is 4. The summed E-state index contributed by atoms with van der Waals surface area (Å²) in [5.41, 5.74) is 0. The average Bonchev–Trinajstić information content (AvgIpc) is 2.86. The first-order chi connectivity index (χ1) is 9.65. The summed E-state index contributed by atoms with van der Waals surface area (Å²) < 4.78 is 5.52. The van der Waals surface area contributed by atoms with E-state index in [1.54, 1.807) is 0 Å². The number of nitrogens with one attached hydrogen (secondary N) is 1. The molecule has 112 valence electrons. The predicted octanol–water partition coefficient (Wildman–Crippen LogP) is 3.32. The Bertz CT molecular complexity index is 431. The molecule has 1 unspecified atom stereocenters. The first-order valence-electron chi connectivity index (χ1n) is 8.19. The summed E-state index contributed by atoms with van der Waals surface area (Å²) in [4.78, 5) is 4.70. The van der Waals surface area contributed by atoms with Gasteiger partial charge in [0.2, 0.25) is 5.89 Å². The number of hydrogen-bond donors (Lipinski definition) is 1. The van der Waals surface area contributed by atoms with Crippen molar-refractivity contribution in [2.45, 2.75) is 58.3 Å². The molecule has 4 heteroatoms. The van der Waals surface area contributed by atoms with E-state index in [1.807, 2.05) is 0 Å². The zero-order chi connectivity index (χ0) is 14.1. The topological polar surface area (TPSA) is 51.0 Å². The molecule has 4 nitrogen and oxygen atoms in total. The molecule has 1 N–H and O–H groups in total. The lowest BCUT2D eigenvalue weighted by molar-refractivity contribution is 0.245. The summed E-state index contributed by atoms with van der Waals surface area (Å²) in [5, 5.41) is 7.57. The van der Waals surface area contributed by atoms with E-state index < -0.39 is 0 Å². The van der Waals surface area contributed by atoms with Crippen LogP contribution in [0.5, 0.6) is 0 Å². The van der Waals surface area contributed by atoms with Crippen molar-refractivity contribution in [3.8, 4) is 0 Å². The third-order valence-corrected chi connectivity index (χ3v) is 5.45. The van der Waals surface area contributed by atoms with Gasteiger partial charge in [0.25, 0.3) is 0 Å². The molecule has 1 aliphatic carbocycles. The number of nitrogens with zero attached hydrogens (tertiary/aromatic N) is 2. The fourth-order valence-electron chi connectivity index (χ4n) is 3.51. The Kier molecular flexibility index (Phi) is 4.11. The van der Waals surface area contributed by atoms with Crippen molar-refractivity contribution in [1.29, 1.82) is 0 Å². The molecule has 1 saturated carbocycles. The van der Waals surface area contributed by atoms with E-state index in [4.69, 9.17) is 9.51 Å². The van der Waals surface area contributed by atoms with Gasteiger partial charge < -0.3 is 9.84 Å². The smallest absolute Gasteiger partial charge is 0.229 e. The molecule has 2 heterocycles. The highest BCUT2D eigenvalue weighted by molar-refractivity contribution is 5.03. The van der Waals surface area contributed by atoms with Crippen molar-refractivity contribution in [2.24, 2.45) is 17.8 Å². The Morgan fingerprint density at radius 1 is 1.05 bits per heavy atom. The molecule has 1 saturated heterocycles. The van der Waals surface area contributed by atoms with E-state index >= 15 is 0 Å². The molecule has 3 rings (SSSR count). The second-order valence-corrected chi connectivity index (χ2v) is 7.05. The minimum absolute atomic E-state index is 0.393. The zero-order valence-electron chi connectivity index (χ0n) is 12.9. The van der Waals surface area contributed by atoms with Gasteiger partial charge in [-0.2, -0.15) is 4.98 Å². The van der Waals surface area contributed by atoms with E-state index in [2.05, 4.69) is 31.2 Å². The van der Waals surface area contributed by atoms with Crippen LogP contribution in [0.4, 0.5) is 0 Å². The molecular weight excluding hydrogens is 250 g/mol. The van der Waals surface area contributed by atoms with Gasteiger partial charge in [0.05, 0.1) is 0 Å². The molecule has 20 heavy (non-hydrogen) atoms. The maximum Gasteiger partial charge on any atom is 0.229 e. The Hall–Kier alpha value is -0.900. The highest BCUT2D eigenvalue weighted by Crippen LogP contribution is 2.38. The highest BCUT2D eigenvalue weighted by atomic mass is 16.5. The van der Waals surface area contributed by atoms with Crippen LogP contribution in [0.25, 0.3) is 0 Å². The third-order valence-electron chi connectivity index (χ3n) is 5.45. The van der Waals surface area contributed by atoms with Gasteiger partial charge >= 0.3 is 0 Å². The van der Waals surface area contributed by atoms with Crippen LogP contribution in [0.15, 0.2) is 4.52 Å². The quantitative estimate of drug-likeness (QED) is 0.917. The maximum absolute atomic E-state index is 5.52. The summed E-state index contributed by atoms with van der Waals surface area (Å²) in [7, 11) is 0. The molecule has 0 radical (unpaired) electrons. The molecule has 0 aromatic carbocycles. The van der Waals surface area contributed by atoms with Crippen LogP contribution in [0.1, 0.15) is 70.0 Å². The summed E-state index contributed by atoms with van der Waals surface area (Å²) in [6, 6.07) is 0. The predicted molar refractivity (Wildman–Crippen MR) is 78.6 cm³/mol. The fourth-order valence-corrected chi connectivity index (χ4v) is 3.51. The molecule has 1 aliphatic heterocycles. The SMILES string of the molecule is CC(C)C1CCC(c2noc(C(C)C3CNC3)n2)CC1. The third kappa shape index (κ3) is 2.76. The molecule has 0 spiro atoms. The molecule has 2 aliphatic rings. The summed E-state index contributed by atoms with van der Waals surface area (Å²) >= 11 is 0. The lowest BCUT2D eigenvalue weighted by Crippen LogP contribution is -2.44. The minimum atomic E-state index is 0.393. The normalized spacial score (nSPS) is 29.4. The van der Waals surface area contributed by atoms with Crippen molar-refractivity contribution in [1.82, 2.24) is 15.5 Å². The number of aromatic nitrogens is 2. The van der Waals surface area contributed by atoms with Crippen molar-refractivity contribution < 1.29 is 4.52 Å². The first kappa shape index (κ1) is 14.1. The van der Waals surface area contributed by atoms with Crippen LogP contribution < -0.4 is 5.32 Å².